The number of carboxylic acids is 1. The highest BCUT2D eigenvalue weighted by Gasteiger charge is 2.23. The molecule has 1 amide bonds. The van der Waals surface area contributed by atoms with Gasteiger partial charge in [-0.25, -0.2) is 9.78 Å². The third-order valence-corrected chi connectivity index (χ3v) is 3.42. The predicted molar refractivity (Wildman–Crippen MR) is 84.5 cm³/mol. The molecule has 0 saturated heterocycles. The summed E-state index contributed by atoms with van der Waals surface area (Å²) < 4.78 is 1.26. The molecule has 0 saturated carbocycles. The average molecular weight is 317 g/mol. The predicted octanol–water partition coefficient (Wildman–Crippen LogP) is 1.23. The van der Waals surface area contributed by atoms with E-state index in [1.165, 1.54) is 10.6 Å². The van der Waals surface area contributed by atoms with E-state index in [1.807, 2.05) is 20.8 Å². The van der Waals surface area contributed by atoms with Crippen LogP contribution >= 0.6 is 0 Å². The molecule has 7 heteroatoms. The van der Waals surface area contributed by atoms with Gasteiger partial charge in [0.25, 0.3) is 11.5 Å². The van der Waals surface area contributed by atoms with E-state index in [-0.39, 0.29) is 17.9 Å². The molecule has 0 bridgehead atoms. The Balaban J connectivity index is 2.34. The molecular weight excluding hydrogens is 298 g/mol. The van der Waals surface area contributed by atoms with E-state index in [2.05, 4.69) is 10.3 Å². The summed E-state index contributed by atoms with van der Waals surface area (Å²) in [5, 5.41) is 11.6. The summed E-state index contributed by atoms with van der Waals surface area (Å²) in [6.45, 7) is 5.59. The standard InChI is InChI=1S/C16H19N3O4/c1-9(2)6-12(16(22)23)18-14(20)11-8-17-13-7-10(3)4-5-19(13)15(11)21/h4-5,7-9,12H,6H2,1-3H3,(H,18,20)(H,22,23). The minimum atomic E-state index is -1.13. The fourth-order valence-corrected chi connectivity index (χ4v) is 2.26. The molecule has 1 atom stereocenters. The molecule has 122 valence electrons. The van der Waals surface area contributed by atoms with Crippen molar-refractivity contribution >= 4 is 17.5 Å². The molecule has 1 unspecified atom stereocenters. The minimum absolute atomic E-state index is 0.0928. The van der Waals surface area contributed by atoms with Crippen LogP contribution in [0.15, 0.2) is 29.3 Å². The smallest absolute Gasteiger partial charge is 0.326 e. The Labute approximate surface area is 133 Å². The van der Waals surface area contributed by atoms with E-state index in [4.69, 9.17) is 0 Å². The monoisotopic (exact) mass is 317 g/mol. The number of pyridine rings is 1. The Morgan fingerprint density at radius 2 is 2.09 bits per heavy atom. The molecule has 0 spiro atoms. The molecule has 0 fully saturated rings. The average Bonchev–Trinajstić information content (AvgIpc) is 2.45. The molecule has 0 aliphatic carbocycles. The molecule has 2 aromatic heterocycles. The molecule has 2 heterocycles. The number of hydrogen-bond donors (Lipinski definition) is 2. The summed E-state index contributed by atoms with van der Waals surface area (Å²) in [5.74, 6) is -1.77. The molecule has 0 aliphatic rings. The Morgan fingerprint density at radius 1 is 1.39 bits per heavy atom. The number of aliphatic carboxylic acids is 1. The van der Waals surface area contributed by atoms with Gasteiger partial charge >= 0.3 is 5.97 Å². The van der Waals surface area contributed by atoms with Gasteiger partial charge in [-0.15, -0.1) is 0 Å². The normalized spacial score (nSPS) is 12.3. The maximum absolute atomic E-state index is 12.4. The molecular formula is C16H19N3O4. The lowest BCUT2D eigenvalue weighted by Gasteiger charge is -2.16. The number of carbonyl (C=O) groups is 2. The van der Waals surface area contributed by atoms with Crippen molar-refractivity contribution in [1.82, 2.24) is 14.7 Å². The zero-order chi connectivity index (χ0) is 17.1. The lowest BCUT2D eigenvalue weighted by atomic mass is 10.0. The number of amides is 1. The zero-order valence-electron chi connectivity index (χ0n) is 13.2. The summed E-state index contributed by atoms with van der Waals surface area (Å²) in [6, 6.07) is 2.42. The topological polar surface area (TPSA) is 101 Å². The van der Waals surface area contributed by atoms with Crippen molar-refractivity contribution < 1.29 is 14.7 Å². The molecule has 7 nitrogen and oxygen atoms in total. The number of aryl methyl sites for hydroxylation is 1. The summed E-state index contributed by atoms with van der Waals surface area (Å²) in [6.07, 6.45) is 3.00. The van der Waals surface area contributed by atoms with E-state index < -0.39 is 23.5 Å². The minimum Gasteiger partial charge on any atom is -0.480 e. The maximum Gasteiger partial charge on any atom is 0.326 e. The number of carbonyl (C=O) groups excluding carboxylic acids is 1. The molecule has 0 radical (unpaired) electrons. The molecule has 2 aromatic rings. The van der Waals surface area contributed by atoms with Gasteiger partial charge in [0.1, 0.15) is 17.3 Å². The van der Waals surface area contributed by atoms with Gasteiger partial charge in [-0.3, -0.25) is 14.0 Å². The molecule has 2 rings (SSSR count). The van der Waals surface area contributed by atoms with Crippen molar-refractivity contribution in [2.45, 2.75) is 33.2 Å². The van der Waals surface area contributed by atoms with E-state index >= 15 is 0 Å². The first-order valence-corrected chi connectivity index (χ1v) is 7.31. The molecule has 0 aromatic carbocycles. The van der Waals surface area contributed by atoms with Gasteiger partial charge < -0.3 is 10.4 Å². The Morgan fingerprint density at radius 3 is 2.70 bits per heavy atom. The largest absolute Gasteiger partial charge is 0.480 e. The van der Waals surface area contributed by atoms with Gasteiger partial charge in [0, 0.05) is 12.4 Å². The number of nitrogens with one attached hydrogen (secondary N) is 1. The third kappa shape index (κ3) is 3.74. The summed E-state index contributed by atoms with van der Waals surface area (Å²) >= 11 is 0. The molecule has 0 aliphatic heterocycles. The van der Waals surface area contributed by atoms with Crippen LogP contribution in [0.2, 0.25) is 0 Å². The van der Waals surface area contributed by atoms with Crippen LogP contribution in [0.3, 0.4) is 0 Å². The van der Waals surface area contributed by atoms with Gasteiger partial charge in [0.2, 0.25) is 0 Å². The van der Waals surface area contributed by atoms with E-state index in [1.54, 1.807) is 18.3 Å². The second-order valence-corrected chi connectivity index (χ2v) is 5.90. The van der Waals surface area contributed by atoms with Crippen molar-refractivity contribution in [3.63, 3.8) is 0 Å². The fourth-order valence-electron chi connectivity index (χ4n) is 2.26. The number of aromatic nitrogens is 2. The Kier molecular flexibility index (Phi) is 4.78. The Hall–Kier alpha value is -2.70. The van der Waals surface area contributed by atoms with E-state index in [0.717, 1.165) is 5.56 Å². The van der Waals surface area contributed by atoms with E-state index in [0.29, 0.717) is 5.65 Å². The van der Waals surface area contributed by atoms with Crippen LogP contribution in [0, 0.1) is 12.8 Å². The second kappa shape index (κ2) is 6.60. The van der Waals surface area contributed by atoms with Gasteiger partial charge in [-0.05, 0) is 37.0 Å². The highest BCUT2D eigenvalue weighted by Crippen LogP contribution is 2.06. The zero-order valence-corrected chi connectivity index (χ0v) is 13.2. The number of rotatable bonds is 5. The van der Waals surface area contributed by atoms with Gasteiger partial charge in [0.15, 0.2) is 0 Å². The first-order chi connectivity index (χ1) is 10.8. The van der Waals surface area contributed by atoms with Gasteiger partial charge in [-0.2, -0.15) is 0 Å². The number of fused-ring (bicyclic) bond motifs is 1. The van der Waals surface area contributed by atoms with Crippen LogP contribution < -0.4 is 10.9 Å². The van der Waals surface area contributed by atoms with Crippen molar-refractivity contribution in [2.75, 3.05) is 0 Å². The van der Waals surface area contributed by atoms with Crippen LogP contribution in [0.4, 0.5) is 0 Å². The SMILES string of the molecule is Cc1ccn2c(=O)c(C(=O)NC(CC(C)C)C(=O)O)cnc2c1. The van der Waals surface area contributed by atoms with Crippen LogP contribution in [-0.2, 0) is 4.79 Å². The number of hydrogen-bond acceptors (Lipinski definition) is 4. The van der Waals surface area contributed by atoms with E-state index in [9.17, 15) is 19.5 Å². The first kappa shape index (κ1) is 16.7. The second-order valence-electron chi connectivity index (χ2n) is 5.90. The van der Waals surface area contributed by atoms with Crippen molar-refractivity contribution in [3.8, 4) is 0 Å². The van der Waals surface area contributed by atoms with Gasteiger partial charge in [-0.1, -0.05) is 13.8 Å². The third-order valence-electron chi connectivity index (χ3n) is 3.42. The molecule has 2 N–H and O–H groups in total. The van der Waals surface area contributed by atoms with Crippen LogP contribution in [0.1, 0.15) is 36.2 Å². The van der Waals surface area contributed by atoms with Crippen molar-refractivity contribution in [1.29, 1.82) is 0 Å². The van der Waals surface area contributed by atoms with Crippen LogP contribution in [0.5, 0.6) is 0 Å². The lowest BCUT2D eigenvalue weighted by molar-refractivity contribution is -0.139. The van der Waals surface area contributed by atoms with Crippen LogP contribution in [0.25, 0.3) is 5.65 Å². The van der Waals surface area contributed by atoms with Crippen LogP contribution in [-0.4, -0.2) is 32.4 Å². The number of nitrogens with zero attached hydrogens (tertiary/aromatic N) is 2. The van der Waals surface area contributed by atoms with Crippen molar-refractivity contribution in [2.24, 2.45) is 5.92 Å². The number of carboxylic acid groups (broad SMARTS) is 1. The lowest BCUT2D eigenvalue weighted by Crippen LogP contribution is -2.43. The maximum atomic E-state index is 12.4. The quantitative estimate of drug-likeness (QED) is 0.864. The first-order valence-electron chi connectivity index (χ1n) is 7.31. The van der Waals surface area contributed by atoms with Gasteiger partial charge in [0.05, 0.1) is 0 Å². The van der Waals surface area contributed by atoms with Crippen molar-refractivity contribution in [3.05, 3.63) is 46.0 Å². The highest BCUT2D eigenvalue weighted by atomic mass is 16.4. The Bertz CT molecular complexity index is 811. The summed E-state index contributed by atoms with van der Waals surface area (Å²) in [5.41, 5.74) is 0.669. The summed E-state index contributed by atoms with van der Waals surface area (Å²) in [7, 11) is 0. The fraction of sp³-hybridized carbons (Fsp3) is 0.375. The summed E-state index contributed by atoms with van der Waals surface area (Å²) in [4.78, 5) is 39.9. The molecule has 23 heavy (non-hydrogen) atoms. The highest BCUT2D eigenvalue weighted by molar-refractivity contribution is 5.96.